The van der Waals surface area contributed by atoms with E-state index in [0.29, 0.717) is 19.4 Å². The molecule has 0 aliphatic heterocycles. The quantitative estimate of drug-likeness (QED) is 0.0320. The highest BCUT2D eigenvalue weighted by Gasteiger charge is 2.18. The maximum atomic E-state index is 12.5. The molecule has 0 aromatic rings. The van der Waals surface area contributed by atoms with E-state index in [0.717, 1.165) is 38.5 Å². The third kappa shape index (κ3) is 63.6. The Morgan fingerprint density at radius 3 is 0.883 bits per heavy atom. The second-order valence-corrected chi connectivity index (χ2v) is 24.6. The number of ether oxygens (including phenoxy) is 1. The summed E-state index contributed by atoms with van der Waals surface area (Å²) in [7, 11) is 0. The van der Waals surface area contributed by atoms with Crippen LogP contribution >= 0.6 is 0 Å². The number of aliphatic hydroxyl groups excluding tert-OH is 2. The van der Waals surface area contributed by atoms with Crippen LogP contribution < -0.4 is 5.32 Å². The standard InChI is InChI=1S/C71H139NO5/c1-3-5-7-9-11-13-15-17-19-21-23-24-25-26-28-31-35-39-43-47-51-55-59-63-69(74)68(67-73)72-70(75)64-60-56-52-48-44-40-36-32-29-27-30-34-38-42-46-50-54-58-62-66-77-71(76)65-61-57-53-49-45-41-37-33-22-20-18-16-14-12-10-8-6-4-2/h59,63,68-69,73-74H,3-58,60-62,64-67H2,1-2H3,(H,72,75)/b63-59+. The van der Waals surface area contributed by atoms with Gasteiger partial charge in [0.25, 0.3) is 0 Å². The van der Waals surface area contributed by atoms with E-state index in [1.807, 2.05) is 6.08 Å². The molecule has 0 heterocycles. The fraction of sp³-hybridized carbons (Fsp3) is 0.944. The first-order valence-electron chi connectivity index (χ1n) is 35.5. The van der Waals surface area contributed by atoms with E-state index < -0.39 is 12.1 Å². The van der Waals surface area contributed by atoms with Crippen molar-refractivity contribution in [3.05, 3.63) is 12.2 Å². The van der Waals surface area contributed by atoms with Gasteiger partial charge in [-0.3, -0.25) is 9.59 Å². The highest BCUT2D eigenvalue weighted by atomic mass is 16.5. The summed E-state index contributed by atoms with van der Waals surface area (Å²) in [5.74, 6) is -0.0517. The van der Waals surface area contributed by atoms with Gasteiger partial charge in [-0.2, -0.15) is 0 Å². The van der Waals surface area contributed by atoms with Crippen LogP contribution in [0.4, 0.5) is 0 Å². The zero-order valence-corrected chi connectivity index (χ0v) is 52.5. The molecule has 6 nitrogen and oxygen atoms in total. The van der Waals surface area contributed by atoms with Gasteiger partial charge in [-0.05, 0) is 32.1 Å². The van der Waals surface area contributed by atoms with Gasteiger partial charge in [0.15, 0.2) is 0 Å². The number of aliphatic hydroxyl groups is 2. The molecule has 0 fully saturated rings. The average molecular weight is 1090 g/mol. The summed E-state index contributed by atoms with van der Waals surface area (Å²) < 4.78 is 5.51. The van der Waals surface area contributed by atoms with Crippen molar-refractivity contribution in [3.63, 3.8) is 0 Å². The first kappa shape index (κ1) is 75.6. The predicted octanol–water partition coefficient (Wildman–Crippen LogP) is 22.8. The Hall–Kier alpha value is -1.40. The smallest absolute Gasteiger partial charge is 0.305 e. The molecule has 0 aliphatic rings. The molecule has 3 N–H and O–H groups in total. The molecule has 0 rings (SSSR count). The molecule has 6 heteroatoms. The van der Waals surface area contributed by atoms with Crippen molar-refractivity contribution in [2.75, 3.05) is 13.2 Å². The number of rotatable bonds is 67. The number of esters is 1. The first-order chi connectivity index (χ1) is 38.0. The second-order valence-electron chi connectivity index (χ2n) is 24.6. The molecule has 0 aliphatic carbocycles. The molecule has 0 radical (unpaired) electrons. The summed E-state index contributed by atoms with van der Waals surface area (Å²) in [6.45, 7) is 4.95. The fourth-order valence-electron chi connectivity index (χ4n) is 11.4. The second kappa shape index (κ2) is 67.1. The van der Waals surface area contributed by atoms with Crippen LogP contribution in [0.25, 0.3) is 0 Å². The van der Waals surface area contributed by atoms with Crippen molar-refractivity contribution in [3.8, 4) is 0 Å². The van der Waals surface area contributed by atoms with Gasteiger partial charge in [0.2, 0.25) is 5.91 Å². The van der Waals surface area contributed by atoms with Gasteiger partial charge in [0, 0.05) is 12.8 Å². The van der Waals surface area contributed by atoms with Crippen LogP contribution in [-0.2, 0) is 14.3 Å². The summed E-state index contributed by atoms with van der Waals surface area (Å²) in [5, 5.41) is 23.3. The molecule has 2 unspecified atom stereocenters. The van der Waals surface area contributed by atoms with Gasteiger partial charge >= 0.3 is 5.97 Å². The molecule has 0 aromatic carbocycles. The maximum absolute atomic E-state index is 12.5. The van der Waals surface area contributed by atoms with Crippen molar-refractivity contribution < 1.29 is 24.5 Å². The number of carbonyl (C=O) groups is 2. The maximum Gasteiger partial charge on any atom is 0.305 e. The lowest BCUT2D eigenvalue weighted by Crippen LogP contribution is -2.45. The fourth-order valence-corrected chi connectivity index (χ4v) is 11.4. The Labute approximate surface area is 482 Å². The third-order valence-electron chi connectivity index (χ3n) is 16.8. The number of nitrogens with one attached hydrogen (secondary N) is 1. The molecule has 0 aromatic heterocycles. The van der Waals surface area contributed by atoms with Crippen LogP contribution in [0.5, 0.6) is 0 Å². The number of unbranched alkanes of at least 4 members (excludes halogenated alkanes) is 56. The van der Waals surface area contributed by atoms with E-state index >= 15 is 0 Å². The first-order valence-corrected chi connectivity index (χ1v) is 35.5. The highest BCUT2D eigenvalue weighted by molar-refractivity contribution is 5.76. The molecule has 77 heavy (non-hydrogen) atoms. The van der Waals surface area contributed by atoms with E-state index in [1.165, 1.54) is 340 Å². The largest absolute Gasteiger partial charge is 0.466 e. The van der Waals surface area contributed by atoms with E-state index in [4.69, 9.17) is 4.74 Å². The Morgan fingerprint density at radius 1 is 0.351 bits per heavy atom. The number of hydrogen-bond donors (Lipinski definition) is 3. The molecule has 458 valence electrons. The SMILES string of the molecule is CCCCCCCCCCCCCCCCCCCCCCC/C=C/C(O)C(CO)NC(=O)CCCCCCCCCCCCCCCCCCCCCOC(=O)CCCCCCCCCCCCCCCCCCCC. The minimum atomic E-state index is -0.847. The molecule has 0 saturated heterocycles. The van der Waals surface area contributed by atoms with Crippen LogP contribution in [0.1, 0.15) is 406 Å². The minimum absolute atomic E-state index is 0.0141. The third-order valence-corrected chi connectivity index (χ3v) is 16.8. The number of amides is 1. The summed E-state index contributed by atoms with van der Waals surface area (Å²) in [5.41, 5.74) is 0. The summed E-state index contributed by atoms with van der Waals surface area (Å²) in [6, 6.07) is -0.631. The van der Waals surface area contributed by atoms with Gasteiger partial charge in [0.1, 0.15) is 0 Å². The van der Waals surface area contributed by atoms with Crippen LogP contribution in [-0.4, -0.2) is 47.4 Å². The Kier molecular flexibility index (Phi) is 65.9. The van der Waals surface area contributed by atoms with Crippen LogP contribution in [0.2, 0.25) is 0 Å². The van der Waals surface area contributed by atoms with Gasteiger partial charge in [-0.15, -0.1) is 0 Å². The highest BCUT2D eigenvalue weighted by Crippen LogP contribution is 2.19. The van der Waals surface area contributed by atoms with Crippen molar-refractivity contribution in [1.82, 2.24) is 5.32 Å². The van der Waals surface area contributed by atoms with Crippen molar-refractivity contribution >= 4 is 11.9 Å². The molecule has 0 saturated carbocycles. The zero-order chi connectivity index (χ0) is 55.7. The van der Waals surface area contributed by atoms with Crippen molar-refractivity contribution in [2.24, 2.45) is 0 Å². The summed E-state index contributed by atoms with van der Waals surface area (Å²) in [4.78, 5) is 24.6. The summed E-state index contributed by atoms with van der Waals surface area (Å²) >= 11 is 0. The molecule has 0 bridgehead atoms. The molecular weight excluding hydrogens is 947 g/mol. The van der Waals surface area contributed by atoms with Crippen LogP contribution in [0, 0.1) is 0 Å². The number of hydrogen-bond acceptors (Lipinski definition) is 5. The van der Waals surface area contributed by atoms with Gasteiger partial charge in [-0.1, -0.05) is 373 Å². The average Bonchev–Trinajstić information content (AvgIpc) is 3.43. The van der Waals surface area contributed by atoms with Crippen molar-refractivity contribution in [1.29, 1.82) is 0 Å². The Balaban J connectivity index is 3.40. The Morgan fingerprint density at radius 2 is 0.597 bits per heavy atom. The van der Waals surface area contributed by atoms with Crippen LogP contribution in [0.15, 0.2) is 12.2 Å². The molecule has 0 spiro atoms. The normalized spacial score (nSPS) is 12.5. The lowest BCUT2D eigenvalue weighted by Gasteiger charge is -2.20. The Bertz CT molecular complexity index is 1160. The minimum Gasteiger partial charge on any atom is -0.466 e. The van der Waals surface area contributed by atoms with Crippen molar-refractivity contribution in [2.45, 2.75) is 418 Å². The summed E-state index contributed by atoms with van der Waals surface area (Å²) in [6.07, 6.45) is 82.8. The van der Waals surface area contributed by atoms with Crippen LogP contribution in [0.3, 0.4) is 0 Å². The van der Waals surface area contributed by atoms with Gasteiger partial charge < -0.3 is 20.3 Å². The zero-order valence-electron chi connectivity index (χ0n) is 52.5. The van der Waals surface area contributed by atoms with E-state index in [9.17, 15) is 19.8 Å². The van der Waals surface area contributed by atoms with E-state index in [-0.39, 0.29) is 18.5 Å². The van der Waals surface area contributed by atoms with Gasteiger partial charge in [0.05, 0.1) is 25.4 Å². The number of carbonyl (C=O) groups excluding carboxylic acids is 2. The van der Waals surface area contributed by atoms with Gasteiger partial charge in [-0.25, -0.2) is 0 Å². The van der Waals surface area contributed by atoms with E-state index in [1.54, 1.807) is 6.08 Å². The molecular formula is C71H139NO5. The number of allylic oxidation sites excluding steroid dienone is 1. The monoisotopic (exact) mass is 1090 g/mol. The lowest BCUT2D eigenvalue weighted by molar-refractivity contribution is -0.143. The lowest BCUT2D eigenvalue weighted by atomic mass is 10.0. The molecule has 1 amide bonds. The van der Waals surface area contributed by atoms with E-state index in [2.05, 4.69) is 19.2 Å². The topological polar surface area (TPSA) is 95.9 Å². The predicted molar refractivity (Wildman–Crippen MR) is 338 cm³/mol. The molecule has 2 atom stereocenters.